The number of nitrogens with zero attached hydrogens (tertiary/aromatic N) is 1. The molecule has 100 valence electrons. The van der Waals surface area contributed by atoms with Crippen molar-refractivity contribution in [2.45, 2.75) is 39.7 Å². The minimum Gasteiger partial charge on any atom is -0.395 e. The van der Waals surface area contributed by atoms with E-state index in [2.05, 4.69) is 42.0 Å². The topological polar surface area (TPSA) is 23.5 Å². The zero-order valence-electron chi connectivity index (χ0n) is 11.4. The highest BCUT2D eigenvalue weighted by Gasteiger charge is 2.07. The van der Waals surface area contributed by atoms with Gasteiger partial charge in [0.15, 0.2) is 0 Å². The third kappa shape index (κ3) is 5.22. The molecular weight excluding hydrogens is 242 g/mol. The van der Waals surface area contributed by atoms with Crippen molar-refractivity contribution in [1.29, 1.82) is 0 Å². The monoisotopic (exact) mass is 265 g/mol. The Morgan fingerprint density at radius 3 is 2.89 bits per heavy atom. The van der Waals surface area contributed by atoms with Crippen molar-refractivity contribution in [1.82, 2.24) is 4.90 Å². The van der Waals surface area contributed by atoms with Gasteiger partial charge < -0.3 is 5.11 Å². The number of hydrogen-bond acceptors (Lipinski definition) is 3. The zero-order valence-corrected chi connectivity index (χ0v) is 12.2. The van der Waals surface area contributed by atoms with Crippen LogP contribution in [0.4, 0.5) is 0 Å². The molecule has 1 rings (SSSR count). The molecule has 3 heteroatoms. The second kappa shape index (κ2) is 9.16. The van der Waals surface area contributed by atoms with Gasteiger partial charge in [0.2, 0.25) is 0 Å². The molecule has 1 N–H and O–H groups in total. The summed E-state index contributed by atoms with van der Waals surface area (Å²) in [5.41, 5.74) is 1.13. The Hall–Kier alpha value is -0.820. The maximum atomic E-state index is 8.74. The fraction of sp³-hybridized carbons (Fsp3) is 0.600. The fourth-order valence-electron chi connectivity index (χ4n) is 1.72. The summed E-state index contributed by atoms with van der Waals surface area (Å²) < 4.78 is 0. The Morgan fingerprint density at radius 2 is 2.22 bits per heavy atom. The van der Waals surface area contributed by atoms with Crippen LogP contribution in [-0.2, 0) is 6.54 Å². The largest absolute Gasteiger partial charge is 0.395 e. The second-order valence-corrected chi connectivity index (χ2v) is 5.26. The van der Waals surface area contributed by atoms with Crippen LogP contribution in [0.15, 0.2) is 11.4 Å². The Labute approximate surface area is 115 Å². The van der Waals surface area contributed by atoms with Gasteiger partial charge in [0.05, 0.1) is 6.61 Å². The first-order valence-electron chi connectivity index (χ1n) is 6.70. The third-order valence-electron chi connectivity index (χ3n) is 2.85. The van der Waals surface area contributed by atoms with Crippen LogP contribution in [0.3, 0.4) is 0 Å². The molecule has 1 aromatic heterocycles. The zero-order chi connectivity index (χ0) is 13.2. The van der Waals surface area contributed by atoms with E-state index in [4.69, 9.17) is 5.11 Å². The lowest BCUT2D eigenvalue weighted by Gasteiger charge is -2.19. The van der Waals surface area contributed by atoms with Crippen molar-refractivity contribution < 1.29 is 5.11 Å². The van der Waals surface area contributed by atoms with Crippen molar-refractivity contribution in [3.63, 3.8) is 0 Å². The van der Waals surface area contributed by atoms with Gasteiger partial charge in [0.1, 0.15) is 0 Å². The molecule has 0 aliphatic heterocycles. The van der Waals surface area contributed by atoms with E-state index in [9.17, 15) is 0 Å². The molecule has 18 heavy (non-hydrogen) atoms. The van der Waals surface area contributed by atoms with Crippen LogP contribution in [0.25, 0.3) is 0 Å². The summed E-state index contributed by atoms with van der Waals surface area (Å²) in [5.74, 6) is 6.15. The van der Waals surface area contributed by atoms with Crippen molar-refractivity contribution in [2.24, 2.45) is 0 Å². The lowest BCUT2D eigenvalue weighted by molar-refractivity contribution is 0.277. The molecule has 1 aromatic rings. The molecule has 0 amide bonds. The summed E-state index contributed by atoms with van der Waals surface area (Å²) >= 11 is 1.78. The summed E-state index contributed by atoms with van der Waals surface area (Å²) in [7, 11) is 0. The molecule has 0 aliphatic carbocycles. The number of aliphatic hydroxyl groups excluding tert-OH is 1. The highest BCUT2D eigenvalue weighted by atomic mass is 32.1. The van der Waals surface area contributed by atoms with Crippen LogP contribution in [0.2, 0.25) is 0 Å². The number of thiophene rings is 1. The maximum Gasteiger partial charge on any atom is 0.0540 e. The first-order chi connectivity index (χ1) is 8.81. The molecule has 0 aliphatic rings. The predicted molar refractivity (Wildman–Crippen MR) is 78.8 cm³/mol. The first-order valence-corrected chi connectivity index (χ1v) is 7.58. The maximum absolute atomic E-state index is 8.74. The Kier molecular flexibility index (Phi) is 7.75. The Morgan fingerprint density at radius 1 is 1.39 bits per heavy atom. The van der Waals surface area contributed by atoms with E-state index in [1.54, 1.807) is 11.3 Å². The molecule has 0 fully saturated rings. The van der Waals surface area contributed by atoms with E-state index in [0.717, 1.165) is 25.2 Å². The minimum atomic E-state index is 0.143. The molecule has 0 bridgehead atoms. The van der Waals surface area contributed by atoms with Gasteiger partial charge in [-0.15, -0.1) is 11.3 Å². The van der Waals surface area contributed by atoms with Gasteiger partial charge in [0.25, 0.3) is 0 Å². The Bertz CT molecular complexity index is 389. The van der Waals surface area contributed by atoms with Gasteiger partial charge in [-0.3, -0.25) is 4.90 Å². The standard InChI is InChI=1S/C15H23NOS/c1-3-5-10-16(4-2)13-15-14(9-12-18-15)8-6-7-11-17/h9,12,17H,3-5,7,10-11,13H2,1-2H3. The lowest BCUT2D eigenvalue weighted by Crippen LogP contribution is -2.23. The van der Waals surface area contributed by atoms with Gasteiger partial charge >= 0.3 is 0 Å². The van der Waals surface area contributed by atoms with E-state index in [1.165, 1.54) is 17.7 Å². The molecule has 1 heterocycles. The van der Waals surface area contributed by atoms with Crippen LogP contribution in [0, 0.1) is 11.8 Å². The van der Waals surface area contributed by atoms with Crippen molar-refractivity contribution in [2.75, 3.05) is 19.7 Å². The first kappa shape index (κ1) is 15.2. The molecule has 0 saturated heterocycles. The lowest BCUT2D eigenvalue weighted by atomic mass is 10.2. The SMILES string of the molecule is CCCCN(CC)Cc1sccc1C#CCCO. The van der Waals surface area contributed by atoms with Crippen LogP contribution in [0.1, 0.15) is 43.6 Å². The molecule has 2 nitrogen and oxygen atoms in total. The highest BCUT2D eigenvalue weighted by molar-refractivity contribution is 7.10. The van der Waals surface area contributed by atoms with E-state index in [-0.39, 0.29) is 6.61 Å². The second-order valence-electron chi connectivity index (χ2n) is 4.26. The van der Waals surface area contributed by atoms with Crippen molar-refractivity contribution in [3.8, 4) is 11.8 Å². The minimum absolute atomic E-state index is 0.143. The molecule has 0 unspecified atom stereocenters. The van der Waals surface area contributed by atoms with Crippen LogP contribution >= 0.6 is 11.3 Å². The number of unbranched alkanes of at least 4 members (excludes halogenated alkanes) is 1. The van der Waals surface area contributed by atoms with Crippen LogP contribution < -0.4 is 0 Å². The fourth-order valence-corrected chi connectivity index (χ4v) is 2.59. The van der Waals surface area contributed by atoms with Gasteiger partial charge in [-0.2, -0.15) is 0 Å². The summed E-state index contributed by atoms with van der Waals surface area (Å²) in [6, 6.07) is 2.08. The number of hydrogen-bond donors (Lipinski definition) is 1. The summed E-state index contributed by atoms with van der Waals surface area (Å²) in [6.45, 7) is 7.82. The molecule has 0 atom stereocenters. The smallest absolute Gasteiger partial charge is 0.0540 e. The average molecular weight is 265 g/mol. The normalized spacial score (nSPS) is 10.4. The summed E-state index contributed by atoms with van der Waals surface area (Å²) in [6.07, 6.45) is 3.05. The summed E-state index contributed by atoms with van der Waals surface area (Å²) in [4.78, 5) is 3.81. The van der Waals surface area contributed by atoms with Gasteiger partial charge in [-0.25, -0.2) is 0 Å². The van der Waals surface area contributed by atoms with Crippen LogP contribution in [-0.4, -0.2) is 29.7 Å². The van der Waals surface area contributed by atoms with Crippen molar-refractivity contribution >= 4 is 11.3 Å². The van der Waals surface area contributed by atoms with E-state index >= 15 is 0 Å². The van der Waals surface area contributed by atoms with Gasteiger partial charge in [-0.1, -0.05) is 32.1 Å². The third-order valence-corrected chi connectivity index (χ3v) is 3.75. The molecular formula is C15H23NOS. The average Bonchev–Trinajstić information content (AvgIpc) is 2.82. The van der Waals surface area contributed by atoms with E-state index in [1.807, 2.05) is 0 Å². The molecule has 0 spiro atoms. The Balaban J connectivity index is 2.61. The van der Waals surface area contributed by atoms with Gasteiger partial charge in [0, 0.05) is 23.4 Å². The predicted octanol–water partition coefficient (Wildman–Crippen LogP) is 3.10. The van der Waals surface area contributed by atoms with Crippen molar-refractivity contribution in [3.05, 3.63) is 21.9 Å². The van der Waals surface area contributed by atoms with Gasteiger partial charge in [-0.05, 0) is 31.0 Å². The molecule has 0 saturated carbocycles. The summed E-state index contributed by atoms with van der Waals surface area (Å²) in [5, 5.41) is 10.8. The number of rotatable bonds is 7. The molecule has 0 aromatic carbocycles. The highest BCUT2D eigenvalue weighted by Crippen LogP contribution is 2.18. The van der Waals surface area contributed by atoms with Crippen LogP contribution in [0.5, 0.6) is 0 Å². The van der Waals surface area contributed by atoms with E-state index in [0.29, 0.717) is 6.42 Å². The quantitative estimate of drug-likeness (QED) is 0.766. The van der Waals surface area contributed by atoms with E-state index < -0.39 is 0 Å². The molecule has 0 radical (unpaired) electrons. The number of aliphatic hydroxyl groups is 1.